The third kappa shape index (κ3) is 4.29. The molecule has 2 aromatic heterocycles. The normalized spacial score (nSPS) is 16.0. The number of aliphatic hydroxyl groups is 1. The first-order valence-electron chi connectivity index (χ1n) is 10.1. The van der Waals surface area contributed by atoms with Crippen LogP contribution >= 0.6 is 0 Å². The summed E-state index contributed by atoms with van der Waals surface area (Å²) in [6.07, 6.45) is 3.83. The lowest BCUT2D eigenvalue weighted by Gasteiger charge is -2.25. The average Bonchev–Trinajstić information content (AvgIpc) is 2.99. The van der Waals surface area contributed by atoms with Crippen LogP contribution in [0.5, 0.6) is 5.75 Å². The summed E-state index contributed by atoms with van der Waals surface area (Å²) < 4.78 is 8.23. The maximum absolute atomic E-state index is 10.8. The van der Waals surface area contributed by atoms with Crippen LogP contribution in [0.4, 0.5) is 0 Å². The fourth-order valence-corrected chi connectivity index (χ4v) is 4.00. The van der Waals surface area contributed by atoms with Crippen LogP contribution in [0.3, 0.4) is 0 Å². The van der Waals surface area contributed by atoms with E-state index in [4.69, 9.17) is 10.5 Å². The van der Waals surface area contributed by atoms with Gasteiger partial charge in [-0.15, -0.1) is 0 Å². The molecule has 1 aliphatic rings. The topological polar surface area (TPSA) is 76.5 Å². The third-order valence-corrected chi connectivity index (χ3v) is 5.47. The monoisotopic (exact) mass is 394 g/mol. The summed E-state index contributed by atoms with van der Waals surface area (Å²) >= 11 is 0. The zero-order valence-corrected chi connectivity index (χ0v) is 17.4. The van der Waals surface area contributed by atoms with Crippen molar-refractivity contribution in [1.82, 2.24) is 14.5 Å². The Hall–Kier alpha value is -2.41. The highest BCUT2D eigenvalue weighted by atomic mass is 16.5. The van der Waals surface area contributed by atoms with Crippen molar-refractivity contribution in [1.29, 1.82) is 0 Å². The molecule has 0 bridgehead atoms. The smallest absolute Gasteiger partial charge is 0.120 e. The summed E-state index contributed by atoms with van der Waals surface area (Å²) in [5.74, 6) is 0.832. The van der Waals surface area contributed by atoms with Gasteiger partial charge in [0.1, 0.15) is 12.4 Å². The number of hydrogen-bond acceptors (Lipinski definition) is 5. The summed E-state index contributed by atoms with van der Waals surface area (Å²) in [6.45, 7) is 6.81. The number of nitrogens with two attached hydrogens (primary N) is 1. The largest absolute Gasteiger partial charge is 0.492 e. The number of likely N-dealkylation sites (N-methyl/N-ethyl adjacent to an activating group) is 1. The van der Waals surface area contributed by atoms with E-state index in [1.54, 1.807) is 12.4 Å². The lowest BCUT2D eigenvalue weighted by atomic mass is 10.0. The molecule has 0 aliphatic carbocycles. The van der Waals surface area contributed by atoms with Gasteiger partial charge in [0.15, 0.2) is 0 Å². The van der Waals surface area contributed by atoms with E-state index in [2.05, 4.69) is 33.6 Å². The Morgan fingerprint density at radius 1 is 1.24 bits per heavy atom. The number of benzene rings is 1. The highest BCUT2D eigenvalue weighted by Crippen LogP contribution is 2.34. The molecule has 0 saturated heterocycles. The molecule has 1 unspecified atom stereocenters. The molecule has 6 nitrogen and oxygen atoms in total. The van der Waals surface area contributed by atoms with Crippen molar-refractivity contribution in [2.45, 2.75) is 45.0 Å². The number of rotatable bonds is 6. The van der Waals surface area contributed by atoms with Gasteiger partial charge in [-0.3, -0.25) is 4.98 Å². The second-order valence-electron chi connectivity index (χ2n) is 8.78. The summed E-state index contributed by atoms with van der Waals surface area (Å²) in [5, 5.41) is 12.0. The molecule has 6 heteroatoms. The van der Waals surface area contributed by atoms with Crippen molar-refractivity contribution in [3.63, 3.8) is 0 Å². The van der Waals surface area contributed by atoms with E-state index in [1.165, 1.54) is 16.6 Å². The van der Waals surface area contributed by atoms with Crippen molar-refractivity contribution in [3.8, 4) is 5.75 Å². The van der Waals surface area contributed by atoms with Crippen molar-refractivity contribution >= 4 is 10.9 Å². The lowest BCUT2D eigenvalue weighted by Crippen LogP contribution is -2.38. The molecule has 0 radical (unpaired) electrons. The molecule has 4 rings (SSSR count). The van der Waals surface area contributed by atoms with E-state index in [9.17, 15) is 5.11 Å². The van der Waals surface area contributed by atoms with Crippen molar-refractivity contribution in [3.05, 3.63) is 59.5 Å². The number of nitrogens with zero attached hydrogens (tertiary/aromatic N) is 3. The van der Waals surface area contributed by atoms with Crippen molar-refractivity contribution in [2.24, 2.45) is 5.73 Å². The maximum atomic E-state index is 10.8. The highest BCUT2D eigenvalue weighted by molar-refractivity contribution is 5.87. The van der Waals surface area contributed by atoms with E-state index < -0.39 is 6.10 Å². The minimum atomic E-state index is -0.577. The lowest BCUT2D eigenvalue weighted by molar-refractivity contribution is 0.156. The Bertz CT molecular complexity index is 992. The molecule has 3 heterocycles. The average molecular weight is 395 g/mol. The van der Waals surface area contributed by atoms with Crippen LogP contribution in [0.1, 0.15) is 36.8 Å². The zero-order chi connectivity index (χ0) is 20.6. The van der Waals surface area contributed by atoms with Gasteiger partial charge < -0.3 is 25.0 Å². The molecular weight excluding hydrogens is 364 g/mol. The minimum absolute atomic E-state index is 0.380. The highest BCUT2D eigenvalue weighted by Gasteiger charge is 2.24. The van der Waals surface area contributed by atoms with E-state index in [0.29, 0.717) is 13.2 Å². The summed E-state index contributed by atoms with van der Waals surface area (Å²) in [5.41, 5.74) is 10.3. The van der Waals surface area contributed by atoms with Crippen LogP contribution in [-0.2, 0) is 19.5 Å². The second kappa shape index (κ2) is 7.78. The molecular formula is C23H30N4O2. The van der Waals surface area contributed by atoms with Crippen LogP contribution in [-0.4, -0.2) is 45.3 Å². The molecule has 0 amide bonds. The van der Waals surface area contributed by atoms with Gasteiger partial charge in [0, 0.05) is 54.0 Å². The standard InChI is InChI=1S/C23H30N4O2/c1-23(2,24)15-29-17-4-5-20-18(12-17)19-13-26(3)11-8-21(19)27(20)14-22(28)16-6-9-25-10-7-16/h4-7,9-10,12,22,28H,8,11,13-15,24H2,1-3H3. The first-order chi connectivity index (χ1) is 13.8. The van der Waals surface area contributed by atoms with E-state index in [1.807, 2.05) is 32.0 Å². The third-order valence-electron chi connectivity index (χ3n) is 5.47. The Labute approximate surface area is 171 Å². The molecule has 1 atom stereocenters. The number of pyridine rings is 1. The van der Waals surface area contributed by atoms with Crippen LogP contribution in [0, 0.1) is 0 Å². The van der Waals surface area contributed by atoms with E-state index in [-0.39, 0.29) is 5.54 Å². The Balaban J connectivity index is 1.72. The summed E-state index contributed by atoms with van der Waals surface area (Å²) in [4.78, 5) is 6.39. The van der Waals surface area contributed by atoms with Gasteiger partial charge in [0.05, 0.1) is 12.6 Å². The van der Waals surface area contributed by atoms with Gasteiger partial charge in [-0.2, -0.15) is 0 Å². The molecule has 1 aliphatic heterocycles. The summed E-state index contributed by atoms with van der Waals surface area (Å²) in [7, 11) is 2.15. The first kappa shape index (κ1) is 19.9. The predicted molar refractivity (Wildman–Crippen MR) is 115 cm³/mol. The maximum Gasteiger partial charge on any atom is 0.120 e. The molecule has 0 fully saturated rings. The number of fused-ring (bicyclic) bond motifs is 3. The van der Waals surface area contributed by atoms with Crippen molar-refractivity contribution in [2.75, 3.05) is 20.2 Å². The van der Waals surface area contributed by atoms with Gasteiger partial charge in [-0.1, -0.05) is 0 Å². The number of hydrogen-bond donors (Lipinski definition) is 2. The number of aromatic nitrogens is 2. The summed E-state index contributed by atoms with van der Waals surface area (Å²) in [6, 6.07) is 9.97. The Kier molecular flexibility index (Phi) is 5.34. The molecule has 3 aromatic rings. The van der Waals surface area contributed by atoms with Gasteiger partial charge >= 0.3 is 0 Å². The SMILES string of the molecule is CN1CCc2c(c3cc(OCC(C)(C)N)ccc3n2CC(O)c2ccncc2)C1. The molecule has 3 N–H and O–H groups in total. The van der Waals surface area contributed by atoms with Crippen LogP contribution in [0.25, 0.3) is 10.9 Å². The molecule has 29 heavy (non-hydrogen) atoms. The van der Waals surface area contributed by atoms with E-state index in [0.717, 1.165) is 36.3 Å². The zero-order valence-electron chi connectivity index (χ0n) is 17.4. The Morgan fingerprint density at radius 3 is 2.72 bits per heavy atom. The van der Waals surface area contributed by atoms with Gasteiger partial charge in [-0.05, 0) is 62.4 Å². The van der Waals surface area contributed by atoms with Gasteiger partial charge in [0.25, 0.3) is 0 Å². The first-order valence-corrected chi connectivity index (χ1v) is 10.1. The molecule has 154 valence electrons. The Morgan fingerprint density at radius 2 is 2.00 bits per heavy atom. The predicted octanol–water partition coefficient (Wildman–Crippen LogP) is 2.87. The van der Waals surface area contributed by atoms with Crippen molar-refractivity contribution < 1.29 is 9.84 Å². The van der Waals surface area contributed by atoms with Crippen LogP contribution in [0.15, 0.2) is 42.7 Å². The van der Waals surface area contributed by atoms with E-state index >= 15 is 0 Å². The van der Waals surface area contributed by atoms with Gasteiger partial charge in [0.2, 0.25) is 0 Å². The molecule has 0 saturated carbocycles. The minimum Gasteiger partial charge on any atom is -0.492 e. The fourth-order valence-electron chi connectivity index (χ4n) is 4.00. The fraction of sp³-hybridized carbons (Fsp3) is 0.435. The van der Waals surface area contributed by atoms with Crippen LogP contribution < -0.4 is 10.5 Å². The number of aliphatic hydroxyl groups excluding tert-OH is 1. The van der Waals surface area contributed by atoms with Crippen LogP contribution in [0.2, 0.25) is 0 Å². The quantitative estimate of drug-likeness (QED) is 0.672. The number of ether oxygens (including phenoxy) is 1. The van der Waals surface area contributed by atoms with Gasteiger partial charge in [-0.25, -0.2) is 0 Å². The second-order valence-corrected chi connectivity index (χ2v) is 8.78. The molecule has 1 aromatic carbocycles. The molecule has 0 spiro atoms.